The summed E-state index contributed by atoms with van der Waals surface area (Å²) in [7, 11) is 0. The first-order valence-electron chi connectivity index (χ1n) is 25.8. The van der Waals surface area contributed by atoms with Gasteiger partial charge in [0.1, 0.15) is 42.3 Å². The number of unbranched alkanes of at least 4 members (excludes halogenated alkanes) is 1. The number of aliphatic imine (C=N–C) groups is 1. The molecule has 1 aliphatic heterocycles. The second-order valence-corrected chi connectivity index (χ2v) is 21.1. The van der Waals surface area contributed by atoms with Crippen LogP contribution in [0.5, 0.6) is 0 Å². The maximum atomic E-state index is 14.8. The average molecular weight is 1110 g/mol. The quantitative estimate of drug-likeness (QED) is 0.0355. The van der Waals surface area contributed by atoms with Crippen molar-refractivity contribution in [3.05, 3.63) is 126 Å². The molecule has 2 unspecified atom stereocenters. The number of nitrogens with two attached hydrogens (primary N) is 3. The SMILES string of the molecule is CCCC[C@H](NC(C)=O)C(=O)NC1CSCc2cccc(c2)CSC[C@@H](C(N)=O)NC(=O)[C@H](Cc2c[nH]c3ccccc23)NC(=O)[C@H](CCCN=C(N)N)NC(=O)C(Cc2ccccc2)NC(=O)[C@H](Cc2cnc[nH]2)NC1=O. The second kappa shape index (κ2) is 30.2. The third-order valence-electron chi connectivity index (χ3n) is 12.8. The van der Waals surface area contributed by atoms with Gasteiger partial charge in [0, 0.05) is 84.7 Å². The highest BCUT2D eigenvalue weighted by atomic mass is 32.2. The van der Waals surface area contributed by atoms with Gasteiger partial charge < -0.3 is 64.4 Å². The Morgan fingerprint density at radius 1 is 0.718 bits per heavy atom. The largest absolute Gasteiger partial charge is 0.370 e. The summed E-state index contributed by atoms with van der Waals surface area (Å²) in [5, 5.41) is 20.4. The molecule has 0 aliphatic carbocycles. The topological polar surface area (TPSA) is 356 Å². The molecular weight excluding hydrogens is 1040 g/mol. The van der Waals surface area contributed by atoms with E-state index in [4.69, 9.17) is 17.2 Å². The number of imidazole rings is 1. The Morgan fingerprint density at radius 3 is 2.01 bits per heavy atom. The molecule has 7 atom stereocenters. The summed E-state index contributed by atoms with van der Waals surface area (Å²) in [4.78, 5) is 127. The number of fused-ring (bicyclic) bond motifs is 3. The zero-order chi connectivity index (χ0) is 56.0. The lowest BCUT2D eigenvalue weighted by molar-refractivity contribution is -0.135. The number of para-hydroxylation sites is 1. The minimum absolute atomic E-state index is 0.0326. The molecule has 0 saturated heterocycles. The average Bonchev–Trinajstić information content (AvgIpc) is 4.10. The molecule has 0 saturated carbocycles. The number of aromatic amines is 2. The number of amides is 8. The van der Waals surface area contributed by atoms with Crippen LogP contribution in [-0.4, -0.2) is 129 Å². The Bertz CT molecular complexity index is 2860. The number of guanidine groups is 1. The predicted octanol–water partition coefficient (Wildman–Crippen LogP) is 1.24. The zero-order valence-electron chi connectivity index (χ0n) is 43.7. The molecule has 6 rings (SSSR count). The van der Waals surface area contributed by atoms with E-state index in [2.05, 4.69) is 57.2 Å². The van der Waals surface area contributed by atoms with E-state index in [1.54, 1.807) is 36.5 Å². The summed E-state index contributed by atoms with van der Waals surface area (Å²) in [5.41, 5.74) is 21.5. The van der Waals surface area contributed by atoms with E-state index in [0.717, 1.165) is 28.5 Å². The molecule has 2 aromatic heterocycles. The fourth-order valence-corrected chi connectivity index (χ4v) is 10.7. The van der Waals surface area contributed by atoms with Crippen LogP contribution in [0.25, 0.3) is 10.9 Å². The van der Waals surface area contributed by atoms with Crippen molar-refractivity contribution in [1.82, 2.24) is 52.2 Å². The highest BCUT2D eigenvalue weighted by Gasteiger charge is 2.35. The minimum atomic E-state index is -1.36. The summed E-state index contributed by atoms with van der Waals surface area (Å²) in [6.07, 6.45) is 6.26. The van der Waals surface area contributed by atoms with Gasteiger partial charge in [-0.1, -0.05) is 92.6 Å². The molecule has 15 N–H and O–H groups in total. The molecule has 78 heavy (non-hydrogen) atoms. The molecule has 0 fully saturated rings. The number of rotatable bonds is 17. The van der Waals surface area contributed by atoms with Crippen LogP contribution in [0, 0.1) is 0 Å². The van der Waals surface area contributed by atoms with Crippen LogP contribution in [0.3, 0.4) is 0 Å². The van der Waals surface area contributed by atoms with Gasteiger partial charge in [0.05, 0.1) is 6.33 Å². The number of hydrogen-bond donors (Lipinski definition) is 12. The van der Waals surface area contributed by atoms with Crippen LogP contribution in [-0.2, 0) is 69.1 Å². The highest BCUT2D eigenvalue weighted by Crippen LogP contribution is 2.22. The van der Waals surface area contributed by atoms with Crippen LogP contribution >= 0.6 is 23.5 Å². The lowest BCUT2D eigenvalue weighted by Gasteiger charge is -2.28. The lowest BCUT2D eigenvalue weighted by Crippen LogP contribution is -2.61. The normalized spacial score (nSPS) is 20.7. The Hall–Kier alpha value is -7.86. The van der Waals surface area contributed by atoms with E-state index in [0.29, 0.717) is 41.2 Å². The van der Waals surface area contributed by atoms with Crippen molar-refractivity contribution in [2.24, 2.45) is 22.2 Å². The fourth-order valence-electron chi connectivity index (χ4n) is 8.72. The van der Waals surface area contributed by atoms with Crippen molar-refractivity contribution >= 4 is 87.6 Å². The van der Waals surface area contributed by atoms with Gasteiger partial charge in [-0.15, -0.1) is 0 Å². The molecule has 2 bridgehead atoms. The number of carbonyl (C=O) groups is 8. The van der Waals surface area contributed by atoms with Crippen molar-refractivity contribution in [2.75, 3.05) is 18.1 Å². The van der Waals surface area contributed by atoms with Gasteiger partial charge in [-0.25, -0.2) is 4.98 Å². The first-order valence-corrected chi connectivity index (χ1v) is 28.1. The first-order chi connectivity index (χ1) is 37.6. The van der Waals surface area contributed by atoms with Crippen LogP contribution in [0.15, 0.2) is 103 Å². The van der Waals surface area contributed by atoms with Crippen molar-refractivity contribution in [2.45, 2.75) is 119 Å². The number of nitrogens with zero attached hydrogens (tertiary/aromatic N) is 2. The Balaban J connectivity index is 1.39. The number of nitrogens with one attached hydrogen (secondary N) is 9. The van der Waals surface area contributed by atoms with Gasteiger partial charge in [0.2, 0.25) is 47.3 Å². The smallest absolute Gasteiger partial charge is 0.244 e. The molecule has 0 radical (unpaired) electrons. The molecule has 0 spiro atoms. The van der Waals surface area contributed by atoms with Gasteiger partial charge >= 0.3 is 0 Å². The lowest BCUT2D eigenvalue weighted by atomic mass is 10.0. The van der Waals surface area contributed by atoms with Crippen LogP contribution in [0.4, 0.5) is 0 Å². The van der Waals surface area contributed by atoms with Gasteiger partial charge in [0.25, 0.3) is 0 Å². The molecule has 8 amide bonds. The third kappa shape index (κ3) is 18.7. The molecule has 5 aromatic rings. The Labute approximate surface area is 461 Å². The van der Waals surface area contributed by atoms with Crippen LogP contribution in [0.1, 0.15) is 73.9 Å². The molecule has 3 aromatic carbocycles. The van der Waals surface area contributed by atoms with E-state index in [9.17, 15) is 38.4 Å². The summed E-state index contributed by atoms with van der Waals surface area (Å²) in [5.74, 6) is -4.77. The van der Waals surface area contributed by atoms with Crippen molar-refractivity contribution in [3.8, 4) is 0 Å². The molecule has 416 valence electrons. The molecule has 24 heteroatoms. The monoisotopic (exact) mass is 1110 g/mol. The van der Waals surface area contributed by atoms with E-state index in [-0.39, 0.29) is 56.1 Å². The number of benzene rings is 3. The number of thioether (sulfide) groups is 2. The number of primary amides is 1. The molecular formula is C54H70N14O8S2. The fraction of sp³-hybridized carbons (Fsp3) is 0.407. The summed E-state index contributed by atoms with van der Waals surface area (Å²) < 4.78 is 0. The molecule has 1 aliphatic rings. The maximum Gasteiger partial charge on any atom is 0.244 e. The third-order valence-corrected chi connectivity index (χ3v) is 15.0. The van der Waals surface area contributed by atoms with Crippen LogP contribution < -0.4 is 54.4 Å². The number of aromatic nitrogens is 3. The summed E-state index contributed by atoms with van der Waals surface area (Å²) in [6.45, 7) is 3.34. The van der Waals surface area contributed by atoms with Gasteiger partial charge in [-0.05, 0) is 47.6 Å². The van der Waals surface area contributed by atoms with Crippen LogP contribution in [0.2, 0.25) is 0 Å². The second-order valence-electron chi connectivity index (χ2n) is 19.0. The van der Waals surface area contributed by atoms with Gasteiger partial charge in [-0.3, -0.25) is 43.3 Å². The summed E-state index contributed by atoms with van der Waals surface area (Å²) >= 11 is 2.71. The molecule has 22 nitrogen and oxygen atoms in total. The first kappa shape index (κ1) is 59.4. The van der Waals surface area contributed by atoms with Crippen molar-refractivity contribution < 1.29 is 38.4 Å². The summed E-state index contributed by atoms with van der Waals surface area (Å²) in [6, 6.07) is 15.3. The van der Waals surface area contributed by atoms with Crippen molar-refractivity contribution in [3.63, 3.8) is 0 Å². The number of carbonyl (C=O) groups excluding carboxylic acids is 8. The Kier molecular flexibility index (Phi) is 23.0. The zero-order valence-corrected chi connectivity index (χ0v) is 45.3. The van der Waals surface area contributed by atoms with Gasteiger partial charge in [-0.2, -0.15) is 23.5 Å². The van der Waals surface area contributed by atoms with Gasteiger partial charge in [0.15, 0.2) is 5.96 Å². The number of hydrogen-bond acceptors (Lipinski definition) is 12. The van der Waals surface area contributed by atoms with E-state index in [1.165, 1.54) is 43.0 Å². The highest BCUT2D eigenvalue weighted by molar-refractivity contribution is 7.98. The number of H-pyrrole nitrogens is 2. The van der Waals surface area contributed by atoms with Crippen molar-refractivity contribution in [1.29, 1.82) is 0 Å². The van der Waals surface area contributed by atoms with E-state index < -0.39 is 89.6 Å². The molecule has 3 heterocycles. The predicted molar refractivity (Wildman–Crippen MR) is 301 cm³/mol. The maximum absolute atomic E-state index is 14.8. The van der Waals surface area contributed by atoms with E-state index >= 15 is 0 Å². The Morgan fingerprint density at radius 2 is 1.35 bits per heavy atom. The standard InChI is InChI=1S/C54H70N14O8S2/c1-3-4-17-40(62-32(2)69)48(71)68-46-30-78-28-35-15-10-14-34(21-35)27-77-29-45(47(55)70)67-51(74)43(23-36-25-60-39-18-9-8-16-38(36)39)65-49(72)41(19-11-20-59-54(56)57)63-50(73)42(22-33-12-6-5-7-13-33)64-52(75)44(66-53(46)76)24-37-26-58-31-61-37/h5-10,12-16,18,21,25-26,31,40-46,60H,3-4,11,17,19-20,22-24,27-30H2,1-2H3,(H2,55,70)(H,58,61)(H,62,69)(H,63,73)(H,64,75)(H,65,72)(H,66,76)(H,67,74)(H,68,71)(H4,56,57,59)/t40-,41-,42?,43-,44-,45-,46?/m0/s1. The van der Waals surface area contributed by atoms with E-state index in [1.807, 2.05) is 55.5 Å². The minimum Gasteiger partial charge on any atom is -0.370 e.